The summed E-state index contributed by atoms with van der Waals surface area (Å²) in [5.41, 5.74) is 1.79. The van der Waals surface area contributed by atoms with Gasteiger partial charge in [0.25, 0.3) is 0 Å². The average molecular weight is 367 g/mol. The largest absolute Gasteiger partial charge is 0.353 e. The average Bonchev–Trinajstić information content (AvgIpc) is 2.87. The predicted octanol–water partition coefficient (Wildman–Crippen LogP) is 3.13. The second-order valence-electron chi connectivity index (χ2n) is 5.10. The van der Waals surface area contributed by atoms with Crippen molar-refractivity contribution in [3.8, 4) is 0 Å². The summed E-state index contributed by atoms with van der Waals surface area (Å²) in [5, 5.41) is 3.19. The van der Waals surface area contributed by atoms with Crippen molar-refractivity contribution in [2.75, 3.05) is 14.1 Å². The number of aromatic nitrogens is 1. The number of nitrogens with one attached hydrogen (secondary N) is 1. The first-order valence-corrected chi connectivity index (χ1v) is 7.76. The van der Waals surface area contributed by atoms with Crippen LogP contribution in [0.2, 0.25) is 0 Å². The first-order valence-electron chi connectivity index (χ1n) is 6.97. The molecule has 0 aliphatic carbocycles. The molecule has 1 aromatic heterocycles. The minimum atomic E-state index is -0.234. The molecule has 6 heteroatoms. The van der Waals surface area contributed by atoms with Gasteiger partial charge in [0.15, 0.2) is 5.96 Å². The zero-order valence-corrected chi connectivity index (χ0v) is 14.6. The van der Waals surface area contributed by atoms with E-state index < -0.39 is 0 Å². The van der Waals surface area contributed by atoms with Crippen LogP contribution in [0.15, 0.2) is 46.0 Å². The number of rotatable bonds is 4. The van der Waals surface area contributed by atoms with E-state index in [9.17, 15) is 4.39 Å². The molecule has 2 aromatic rings. The van der Waals surface area contributed by atoms with Crippen molar-refractivity contribution in [3.63, 3.8) is 0 Å². The van der Waals surface area contributed by atoms with Gasteiger partial charge in [0, 0.05) is 49.6 Å². The highest BCUT2D eigenvalue weighted by Crippen LogP contribution is 2.15. The summed E-state index contributed by atoms with van der Waals surface area (Å²) in [6, 6.07) is 9.13. The van der Waals surface area contributed by atoms with Gasteiger partial charge in [-0.3, -0.25) is 4.99 Å². The molecule has 0 aliphatic rings. The van der Waals surface area contributed by atoms with Crippen LogP contribution in [0.25, 0.3) is 0 Å². The summed E-state index contributed by atoms with van der Waals surface area (Å²) >= 11 is 3.26. The third-order valence-electron chi connectivity index (χ3n) is 3.48. The van der Waals surface area contributed by atoms with Crippen LogP contribution in [0.4, 0.5) is 4.39 Å². The maximum atomic E-state index is 13.8. The molecule has 1 heterocycles. The van der Waals surface area contributed by atoms with E-state index in [2.05, 4.69) is 36.9 Å². The van der Waals surface area contributed by atoms with Crippen molar-refractivity contribution in [2.45, 2.75) is 13.1 Å². The first kappa shape index (κ1) is 16.5. The van der Waals surface area contributed by atoms with E-state index in [0.29, 0.717) is 12.1 Å². The fourth-order valence-corrected chi connectivity index (χ4v) is 2.54. The Balaban J connectivity index is 1.98. The second-order valence-corrected chi connectivity index (χ2v) is 6.02. The fourth-order valence-electron chi connectivity index (χ4n) is 2.20. The third-order valence-corrected chi connectivity index (χ3v) is 3.97. The van der Waals surface area contributed by atoms with Crippen LogP contribution in [-0.4, -0.2) is 29.5 Å². The highest BCUT2D eigenvalue weighted by molar-refractivity contribution is 9.10. The minimum absolute atomic E-state index is 0.234. The zero-order chi connectivity index (χ0) is 16.1. The van der Waals surface area contributed by atoms with Gasteiger partial charge in [-0.15, -0.1) is 0 Å². The molecule has 4 nitrogen and oxygen atoms in total. The number of aryl methyl sites for hydroxylation is 1. The quantitative estimate of drug-likeness (QED) is 0.665. The van der Waals surface area contributed by atoms with Crippen molar-refractivity contribution >= 4 is 21.9 Å². The van der Waals surface area contributed by atoms with E-state index >= 15 is 0 Å². The van der Waals surface area contributed by atoms with Crippen LogP contribution in [-0.2, 0) is 20.1 Å². The lowest BCUT2D eigenvalue weighted by atomic mass is 10.2. The van der Waals surface area contributed by atoms with Crippen LogP contribution in [0.1, 0.15) is 11.3 Å². The monoisotopic (exact) mass is 366 g/mol. The summed E-state index contributed by atoms with van der Waals surface area (Å²) < 4.78 is 16.6. The number of halogens is 2. The van der Waals surface area contributed by atoms with Gasteiger partial charge in [-0.25, -0.2) is 4.39 Å². The first-order chi connectivity index (χ1) is 10.5. The van der Waals surface area contributed by atoms with Gasteiger partial charge in [-0.05, 0) is 24.3 Å². The Bertz CT molecular complexity index is 666. The summed E-state index contributed by atoms with van der Waals surface area (Å²) in [6.07, 6.45) is 2.01. The van der Waals surface area contributed by atoms with E-state index in [0.717, 1.165) is 17.0 Å². The smallest absolute Gasteiger partial charge is 0.194 e. The summed E-state index contributed by atoms with van der Waals surface area (Å²) in [4.78, 5) is 6.26. The highest BCUT2D eigenvalue weighted by atomic mass is 79.9. The van der Waals surface area contributed by atoms with Crippen molar-refractivity contribution in [3.05, 3.63) is 58.1 Å². The Morgan fingerprint density at radius 3 is 2.77 bits per heavy atom. The number of aliphatic imine (C=N–C) groups is 1. The summed E-state index contributed by atoms with van der Waals surface area (Å²) in [7, 11) is 5.69. The molecule has 0 radical (unpaired) electrons. The van der Waals surface area contributed by atoms with E-state index in [-0.39, 0.29) is 5.82 Å². The molecule has 0 amide bonds. The lowest BCUT2D eigenvalue weighted by Crippen LogP contribution is -2.38. The molecule has 0 unspecified atom stereocenters. The van der Waals surface area contributed by atoms with Crippen LogP contribution in [0.5, 0.6) is 0 Å². The lowest BCUT2D eigenvalue weighted by Gasteiger charge is -2.22. The SMILES string of the molecule is CN=C(NCc1ccc(Br)cc1F)N(C)Cc1cccn1C. The number of guanidine groups is 1. The molecule has 0 bridgehead atoms. The van der Waals surface area contributed by atoms with Crippen LogP contribution in [0, 0.1) is 5.82 Å². The molecule has 1 N–H and O–H groups in total. The van der Waals surface area contributed by atoms with E-state index in [1.54, 1.807) is 13.1 Å². The predicted molar refractivity (Wildman–Crippen MR) is 91.2 cm³/mol. The van der Waals surface area contributed by atoms with E-state index in [4.69, 9.17) is 0 Å². The molecule has 1 aromatic carbocycles. The van der Waals surface area contributed by atoms with Gasteiger partial charge in [0.1, 0.15) is 5.82 Å². The van der Waals surface area contributed by atoms with E-state index in [1.807, 2.05) is 37.3 Å². The van der Waals surface area contributed by atoms with Crippen LogP contribution in [0.3, 0.4) is 0 Å². The number of benzene rings is 1. The van der Waals surface area contributed by atoms with Gasteiger partial charge in [-0.1, -0.05) is 22.0 Å². The van der Waals surface area contributed by atoms with Gasteiger partial charge in [-0.2, -0.15) is 0 Å². The molecular weight excluding hydrogens is 347 g/mol. The summed E-state index contributed by atoms with van der Waals surface area (Å²) in [5.74, 6) is 0.492. The topological polar surface area (TPSA) is 32.6 Å². The van der Waals surface area contributed by atoms with Gasteiger partial charge in [0.2, 0.25) is 0 Å². The lowest BCUT2D eigenvalue weighted by molar-refractivity contribution is 0.460. The van der Waals surface area contributed by atoms with Crippen molar-refractivity contribution in [2.24, 2.45) is 12.0 Å². The Hall–Kier alpha value is -1.82. The van der Waals surface area contributed by atoms with Crippen molar-refractivity contribution in [1.29, 1.82) is 0 Å². The molecule has 0 saturated heterocycles. The van der Waals surface area contributed by atoms with Crippen molar-refractivity contribution < 1.29 is 4.39 Å². The molecule has 2 rings (SSSR count). The number of hydrogen-bond donors (Lipinski definition) is 1. The molecule has 22 heavy (non-hydrogen) atoms. The van der Waals surface area contributed by atoms with Crippen molar-refractivity contribution in [1.82, 2.24) is 14.8 Å². The minimum Gasteiger partial charge on any atom is -0.353 e. The van der Waals surface area contributed by atoms with Crippen LogP contribution >= 0.6 is 15.9 Å². The standard InChI is InChI=1S/C16H20BrFN4/c1-19-16(22(3)11-14-5-4-8-21(14)2)20-10-12-6-7-13(17)9-15(12)18/h4-9H,10-11H2,1-3H3,(H,19,20). The maximum Gasteiger partial charge on any atom is 0.194 e. The molecule has 118 valence electrons. The number of nitrogens with zero attached hydrogens (tertiary/aromatic N) is 3. The molecule has 0 fully saturated rings. The normalized spacial score (nSPS) is 11.6. The Morgan fingerprint density at radius 2 is 2.18 bits per heavy atom. The Kier molecular flexibility index (Phi) is 5.60. The fraction of sp³-hybridized carbons (Fsp3) is 0.312. The van der Waals surface area contributed by atoms with Gasteiger partial charge in [0.05, 0.1) is 6.54 Å². The molecule has 0 spiro atoms. The third kappa shape index (κ3) is 4.10. The number of hydrogen-bond acceptors (Lipinski definition) is 1. The Labute approximate surface area is 138 Å². The van der Waals surface area contributed by atoms with Gasteiger partial charge < -0.3 is 14.8 Å². The van der Waals surface area contributed by atoms with Crippen LogP contribution < -0.4 is 5.32 Å². The maximum absolute atomic E-state index is 13.8. The summed E-state index contributed by atoms with van der Waals surface area (Å²) in [6.45, 7) is 1.12. The molecule has 0 atom stereocenters. The van der Waals surface area contributed by atoms with Gasteiger partial charge >= 0.3 is 0 Å². The highest BCUT2D eigenvalue weighted by Gasteiger charge is 2.09. The van der Waals surface area contributed by atoms with E-state index in [1.165, 1.54) is 11.8 Å². The Morgan fingerprint density at radius 1 is 1.41 bits per heavy atom. The molecule has 0 aliphatic heterocycles. The zero-order valence-electron chi connectivity index (χ0n) is 13.0. The molecule has 0 saturated carbocycles. The molecular formula is C16H20BrFN4. The second kappa shape index (κ2) is 7.45.